The Morgan fingerprint density at radius 2 is 1.94 bits per heavy atom. The lowest BCUT2D eigenvalue weighted by Crippen LogP contribution is -2.20. The minimum Gasteiger partial charge on any atom is -0.465 e. The molecule has 0 spiro atoms. The number of carbonyl (C=O) groups is 2. The first-order valence-corrected chi connectivity index (χ1v) is 11.2. The van der Waals surface area contributed by atoms with Gasteiger partial charge in [-0.1, -0.05) is 19.9 Å². The topological polar surface area (TPSA) is 68.3 Å². The summed E-state index contributed by atoms with van der Waals surface area (Å²) in [5.41, 5.74) is 5.34. The molecule has 0 saturated carbocycles. The molecule has 0 radical (unpaired) electrons. The van der Waals surface area contributed by atoms with Crippen molar-refractivity contribution in [1.29, 1.82) is 0 Å². The lowest BCUT2D eigenvalue weighted by Gasteiger charge is -2.29. The molecule has 0 atom stereocenters. The molecule has 6 heteroatoms. The van der Waals surface area contributed by atoms with Gasteiger partial charge in [-0.3, -0.25) is 9.78 Å². The predicted molar refractivity (Wildman–Crippen MR) is 124 cm³/mol. The average Bonchev–Trinajstić information content (AvgIpc) is 3.08. The molecule has 0 bridgehead atoms. The second kappa shape index (κ2) is 8.27. The first-order valence-electron chi connectivity index (χ1n) is 10.3. The van der Waals surface area contributed by atoms with E-state index < -0.39 is 5.97 Å². The highest BCUT2D eigenvalue weighted by Crippen LogP contribution is 2.47. The fraction of sp³-hybridized carbons (Fsp3) is 0.320. The third-order valence-corrected chi connectivity index (χ3v) is 6.87. The van der Waals surface area contributed by atoms with Gasteiger partial charge >= 0.3 is 5.97 Å². The minimum absolute atomic E-state index is 0.241. The minimum atomic E-state index is -0.465. The number of thiophene rings is 1. The Hall–Kier alpha value is -2.99. The van der Waals surface area contributed by atoms with Crippen molar-refractivity contribution in [2.45, 2.75) is 40.0 Å². The quantitative estimate of drug-likeness (QED) is 0.537. The number of ether oxygens (including phenoxy) is 1. The van der Waals surface area contributed by atoms with Crippen molar-refractivity contribution in [3.63, 3.8) is 0 Å². The van der Waals surface area contributed by atoms with E-state index in [4.69, 9.17) is 4.74 Å². The van der Waals surface area contributed by atoms with Crippen molar-refractivity contribution in [3.8, 4) is 11.3 Å². The predicted octanol–water partition coefficient (Wildman–Crippen LogP) is 5.67. The monoisotopic (exact) mass is 434 g/mol. The Balaban J connectivity index is 1.74. The zero-order chi connectivity index (χ0) is 22.2. The van der Waals surface area contributed by atoms with Gasteiger partial charge in [-0.15, -0.1) is 11.3 Å². The second-order valence-electron chi connectivity index (χ2n) is 8.79. The number of anilines is 1. The van der Waals surface area contributed by atoms with Crippen LogP contribution in [0.3, 0.4) is 0 Å². The molecule has 160 valence electrons. The van der Waals surface area contributed by atoms with Crippen LogP contribution in [0.4, 0.5) is 5.00 Å². The molecule has 5 nitrogen and oxygen atoms in total. The summed E-state index contributed by atoms with van der Waals surface area (Å²) in [6.45, 7) is 6.62. The van der Waals surface area contributed by atoms with Gasteiger partial charge in [0, 0.05) is 22.2 Å². The van der Waals surface area contributed by atoms with Crippen LogP contribution in [0.2, 0.25) is 0 Å². The summed E-state index contributed by atoms with van der Waals surface area (Å²) in [6, 6.07) is 10.6. The maximum Gasteiger partial charge on any atom is 0.337 e. The third-order valence-electron chi connectivity index (χ3n) is 5.73. The molecule has 1 aromatic carbocycles. The summed E-state index contributed by atoms with van der Waals surface area (Å²) >= 11 is 1.64. The van der Waals surface area contributed by atoms with Gasteiger partial charge in [0.15, 0.2) is 0 Å². The van der Waals surface area contributed by atoms with E-state index in [0.717, 1.165) is 41.1 Å². The van der Waals surface area contributed by atoms with E-state index in [0.29, 0.717) is 11.1 Å². The van der Waals surface area contributed by atoms with Crippen LogP contribution in [0, 0.1) is 12.3 Å². The largest absolute Gasteiger partial charge is 0.465 e. The number of hydrogen-bond donors (Lipinski definition) is 1. The molecule has 1 aliphatic carbocycles. The summed E-state index contributed by atoms with van der Waals surface area (Å²) in [5.74, 6) is -0.717. The SMILES string of the molecule is COC(=O)c1cccc(C(=O)Nc2sc3c(c2-c2cc(C)ccn2)CCC(C)(C)C3)c1. The number of nitrogens with one attached hydrogen (secondary N) is 1. The van der Waals surface area contributed by atoms with Crippen molar-refractivity contribution in [3.05, 3.63) is 69.7 Å². The van der Waals surface area contributed by atoms with Crippen LogP contribution >= 0.6 is 11.3 Å². The number of fused-ring (bicyclic) bond motifs is 1. The molecule has 3 aromatic rings. The van der Waals surface area contributed by atoms with Gasteiger partial charge in [0.1, 0.15) is 5.00 Å². The van der Waals surface area contributed by atoms with E-state index in [-0.39, 0.29) is 11.3 Å². The molecule has 2 heterocycles. The van der Waals surface area contributed by atoms with Crippen molar-refractivity contribution >= 4 is 28.2 Å². The van der Waals surface area contributed by atoms with Gasteiger partial charge in [0.2, 0.25) is 0 Å². The van der Waals surface area contributed by atoms with Crippen LogP contribution in [0.25, 0.3) is 11.3 Å². The summed E-state index contributed by atoms with van der Waals surface area (Å²) in [6.07, 6.45) is 4.87. The summed E-state index contributed by atoms with van der Waals surface area (Å²) in [5, 5.41) is 3.92. The molecule has 0 unspecified atom stereocenters. The van der Waals surface area contributed by atoms with Gasteiger partial charge < -0.3 is 10.1 Å². The molecule has 4 rings (SSSR count). The van der Waals surface area contributed by atoms with Crippen LogP contribution in [0.1, 0.15) is 57.0 Å². The molecule has 2 aromatic heterocycles. The molecule has 1 aliphatic rings. The summed E-state index contributed by atoms with van der Waals surface area (Å²) in [7, 11) is 1.33. The first-order chi connectivity index (χ1) is 14.8. The average molecular weight is 435 g/mol. The van der Waals surface area contributed by atoms with Crippen LogP contribution in [-0.4, -0.2) is 24.0 Å². The fourth-order valence-corrected chi connectivity index (χ4v) is 5.53. The Morgan fingerprint density at radius 1 is 1.16 bits per heavy atom. The number of nitrogens with zero attached hydrogens (tertiary/aromatic N) is 1. The number of hydrogen-bond acceptors (Lipinski definition) is 5. The Labute approximate surface area is 186 Å². The number of esters is 1. The Kier molecular flexibility index (Phi) is 5.67. The van der Waals surface area contributed by atoms with Gasteiger partial charge in [0.05, 0.1) is 18.4 Å². The summed E-state index contributed by atoms with van der Waals surface area (Å²) < 4.78 is 4.78. The molecule has 1 N–H and O–H groups in total. The van der Waals surface area contributed by atoms with E-state index in [1.165, 1.54) is 17.6 Å². The lowest BCUT2D eigenvalue weighted by atomic mass is 9.76. The van der Waals surface area contributed by atoms with Crippen molar-refractivity contribution in [2.75, 3.05) is 12.4 Å². The van der Waals surface area contributed by atoms with Gasteiger partial charge in [-0.25, -0.2) is 4.79 Å². The van der Waals surface area contributed by atoms with E-state index in [1.807, 2.05) is 19.2 Å². The molecular formula is C25H26N2O3S. The molecule has 1 amide bonds. The highest BCUT2D eigenvalue weighted by Gasteiger charge is 2.31. The molecule has 0 saturated heterocycles. The van der Waals surface area contributed by atoms with Crippen LogP contribution < -0.4 is 5.32 Å². The number of benzene rings is 1. The standard InChI is InChI=1S/C25H26N2O3S/c1-15-9-11-26-19(12-15)21-18-8-10-25(2,3)14-20(18)31-23(21)27-22(28)16-6-5-7-17(13-16)24(29)30-4/h5-7,9,11-13H,8,10,14H2,1-4H3,(H,27,28). The van der Waals surface area contributed by atoms with Crippen molar-refractivity contribution in [2.24, 2.45) is 5.41 Å². The highest BCUT2D eigenvalue weighted by atomic mass is 32.1. The maximum atomic E-state index is 13.1. The highest BCUT2D eigenvalue weighted by molar-refractivity contribution is 7.17. The molecule has 0 aliphatic heterocycles. The van der Waals surface area contributed by atoms with E-state index in [1.54, 1.807) is 35.6 Å². The van der Waals surface area contributed by atoms with Gasteiger partial charge in [-0.05, 0) is 73.1 Å². The van der Waals surface area contributed by atoms with Gasteiger partial charge in [-0.2, -0.15) is 0 Å². The number of amides is 1. The Bertz CT molecular complexity index is 1160. The molecule has 0 fully saturated rings. The second-order valence-corrected chi connectivity index (χ2v) is 9.90. The van der Waals surface area contributed by atoms with E-state index in [2.05, 4.69) is 30.2 Å². The van der Waals surface area contributed by atoms with E-state index >= 15 is 0 Å². The zero-order valence-corrected chi connectivity index (χ0v) is 19.1. The number of pyridine rings is 1. The van der Waals surface area contributed by atoms with Crippen LogP contribution in [0.15, 0.2) is 42.6 Å². The normalized spacial score (nSPS) is 14.6. The summed E-state index contributed by atoms with van der Waals surface area (Å²) in [4.78, 5) is 30.9. The molecule has 31 heavy (non-hydrogen) atoms. The van der Waals surface area contributed by atoms with Gasteiger partial charge in [0.25, 0.3) is 5.91 Å². The fourth-order valence-electron chi connectivity index (χ4n) is 4.02. The van der Waals surface area contributed by atoms with Crippen LogP contribution in [-0.2, 0) is 17.6 Å². The number of methoxy groups -OCH3 is 1. The number of carbonyl (C=O) groups excluding carboxylic acids is 2. The first kappa shape index (κ1) is 21.2. The van der Waals surface area contributed by atoms with Crippen LogP contribution in [0.5, 0.6) is 0 Å². The van der Waals surface area contributed by atoms with E-state index in [9.17, 15) is 9.59 Å². The zero-order valence-electron chi connectivity index (χ0n) is 18.2. The molecular weight excluding hydrogens is 408 g/mol. The maximum absolute atomic E-state index is 13.1. The Morgan fingerprint density at radius 3 is 2.68 bits per heavy atom. The number of rotatable bonds is 4. The van der Waals surface area contributed by atoms with Crippen molar-refractivity contribution < 1.29 is 14.3 Å². The smallest absolute Gasteiger partial charge is 0.337 e. The lowest BCUT2D eigenvalue weighted by molar-refractivity contribution is 0.0600. The van der Waals surface area contributed by atoms with Crippen molar-refractivity contribution in [1.82, 2.24) is 4.98 Å². The number of aryl methyl sites for hydroxylation is 1. The third kappa shape index (κ3) is 4.39. The number of aromatic nitrogens is 1.